The number of rotatable bonds is 3. The third kappa shape index (κ3) is 1.97. The summed E-state index contributed by atoms with van der Waals surface area (Å²) >= 11 is 0. The van der Waals surface area contributed by atoms with Crippen molar-refractivity contribution in [3.63, 3.8) is 0 Å². The van der Waals surface area contributed by atoms with Gasteiger partial charge in [0.15, 0.2) is 5.65 Å². The fourth-order valence-electron chi connectivity index (χ4n) is 1.63. The highest BCUT2D eigenvalue weighted by Gasteiger charge is 2.01. The zero-order valence-corrected chi connectivity index (χ0v) is 9.78. The fraction of sp³-hybridized carbons (Fsp3) is 0.182. The van der Waals surface area contributed by atoms with E-state index < -0.39 is 0 Å². The molecule has 0 bridgehead atoms. The van der Waals surface area contributed by atoms with Gasteiger partial charge in [0.25, 0.3) is 0 Å². The molecule has 0 aliphatic carbocycles. The summed E-state index contributed by atoms with van der Waals surface area (Å²) in [6.07, 6.45) is 3.62. The summed E-state index contributed by atoms with van der Waals surface area (Å²) in [6.45, 7) is 2.72. The van der Waals surface area contributed by atoms with Crippen LogP contribution in [0.3, 0.4) is 0 Å². The quantitative estimate of drug-likeness (QED) is 0.731. The summed E-state index contributed by atoms with van der Waals surface area (Å²) in [4.78, 5) is 4.06. The molecule has 0 aromatic carbocycles. The summed E-state index contributed by atoms with van der Waals surface area (Å²) in [7, 11) is 0. The van der Waals surface area contributed by atoms with Gasteiger partial charge in [-0.05, 0) is 46.7 Å². The lowest BCUT2D eigenvalue weighted by atomic mass is 10.1. The Bertz CT molecular complexity index is 676. The lowest BCUT2D eigenvalue weighted by molar-refractivity contribution is 0.734. The molecule has 3 aromatic heterocycles. The molecule has 90 valence electrons. The van der Waals surface area contributed by atoms with Gasteiger partial charge in [-0.15, -0.1) is 14.8 Å². The maximum atomic E-state index is 4.23. The second-order valence-electron chi connectivity index (χ2n) is 3.90. The monoisotopic (exact) mass is 241 g/mol. The number of anilines is 1. The number of hydrogen-bond donors (Lipinski definition) is 1. The van der Waals surface area contributed by atoms with E-state index in [0.717, 1.165) is 11.4 Å². The molecule has 7 heteroatoms. The first-order chi connectivity index (χ1) is 8.83. The Morgan fingerprint density at radius 1 is 1.28 bits per heavy atom. The number of nitrogens with zero attached hydrogens (tertiary/aromatic N) is 6. The number of aryl methyl sites for hydroxylation is 1. The third-order valence-corrected chi connectivity index (χ3v) is 2.67. The average Bonchev–Trinajstić information content (AvgIpc) is 2.85. The van der Waals surface area contributed by atoms with Gasteiger partial charge >= 0.3 is 0 Å². The van der Waals surface area contributed by atoms with E-state index in [0.29, 0.717) is 12.2 Å². The topological polar surface area (TPSA) is 80.9 Å². The molecule has 3 rings (SSSR count). The highest BCUT2D eigenvalue weighted by atomic mass is 15.6. The van der Waals surface area contributed by atoms with Crippen LogP contribution in [0, 0.1) is 6.92 Å². The Labute approximate surface area is 103 Å². The minimum atomic E-state index is 0.626. The van der Waals surface area contributed by atoms with Crippen LogP contribution in [0.15, 0.2) is 30.6 Å². The number of pyridine rings is 1. The van der Waals surface area contributed by atoms with E-state index in [-0.39, 0.29) is 0 Å². The van der Waals surface area contributed by atoms with E-state index in [1.165, 1.54) is 10.2 Å². The fourth-order valence-corrected chi connectivity index (χ4v) is 1.63. The molecule has 0 saturated carbocycles. The normalized spacial score (nSPS) is 10.7. The lowest BCUT2D eigenvalue weighted by Gasteiger charge is -2.07. The molecular weight excluding hydrogens is 230 g/mol. The van der Waals surface area contributed by atoms with Crippen molar-refractivity contribution in [2.24, 2.45) is 0 Å². The minimum Gasteiger partial charge on any atom is -0.364 e. The summed E-state index contributed by atoms with van der Waals surface area (Å²) < 4.78 is 1.39. The standard InChI is InChI=1S/C11H11N7/c1-8-6-12-5-4-9(8)7-13-10-2-3-11-14-16-17-18(11)15-10/h2-6H,7H2,1H3,(H,13,15). The predicted molar refractivity (Wildman–Crippen MR) is 64.9 cm³/mol. The SMILES string of the molecule is Cc1cnccc1CNc1ccc2nnnn2n1. The largest absolute Gasteiger partial charge is 0.364 e. The van der Waals surface area contributed by atoms with Crippen molar-refractivity contribution in [1.82, 2.24) is 30.2 Å². The molecule has 1 N–H and O–H groups in total. The van der Waals surface area contributed by atoms with Crippen molar-refractivity contribution < 1.29 is 0 Å². The number of aromatic nitrogens is 6. The van der Waals surface area contributed by atoms with Crippen molar-refractivity contribution in [2.75, 3.05) is 5.32 Å². The zero-order valence-electron chi connectivity index (χ0n) is 9.78. The van der Waals surface area contributed by atoms with Crippen molar-refractivity contribution >= 4 is 11.5 Å². The van der Waals surface area contributed by atoms with Crippen LogP contribution in [0.25, 0.3) is 5.65 Å². The second kappa shape index (κ2) is 4.36. The van der Waals surface area contributed by atoms with E-state index in [9.17, 15) is 0 Å². The summed E-state index contributed by atoms with van der Waals surface area (Å²) in [5.41, 5.74) is 2.96. The molecule has 0 spiro atoms. The van der Waals surface area contributed by atoms with Gasteiger partial charge < -0.3 is 5.32 Å². The Hall–Kier alpha value is -2.57. The van der Waals surface area contributed by atoms with Gasteiger partial charge in [-0.3, -0.25) is 4.98 Å². The molecule has 0 amide bonds. The molecule has 0 saturated heterocycles. The molecule has 0 unspecified atom stereocenters. The highest BCUT2D eigenvalue weighted by Crippen LogP contribution is 2.09. The first kappa shape index (κ1) is 10.6. The predicted octanol–water partition coefficient (Wildman–Crippen LogP) is 0.835. The molecular formula is C11H11N7. The maximum absolute atomic E-state index is 4.23. The van der Waals surface area contributed by atoms with Crippen LogP contribution < -0.4 is 5.32 Å². The second-order valence-corrected chi connectivity index (χ2v) is 3.90. The molecule has 0 radical (unpaired) electrons. The molecule has 0 atom stereocenters. The van der Waals surface area contributed by atoms with Crippen LogP contribution in [-0.2, 0) is 6.54 Å². The van der Waals surface area contributed by atoms with Gasteiger partial charge in [0.2, 0.25) is 0 Å². The van der Waals surface area contributed by atoms with Gasteiger partial charge in [0.05, 0.1) is 0 Å². The number of fused-ring (bicyclic) bond motifs is 1. The van der Waals surface area contributed by atoms with Gasteiger partial charge in [-0.2, -0.15) is 0 Å². The summed E-state index contributed by atoms with van der Waals surface area (Å²) in [5.74, 6) is 0.728. The van der Waals surface area contributed by atoms with E-state index in [1.54, 1.807) is 6.20 Å². The number of hydrogen-bond acceptors (Lipinski definition) is 6. The first-order valence-corrected chi connectivity index (χ1v) is 5.52. The first-order valence-electron chi connectivity index (χ1n) is 5.52. The molecule has 3 heterocycles. The summed E-state index contributed by atoms with van der Waals surface area (Å²) in [5, 5.41) is 18.5. The van der Waals surface area contributed by atoms with Crippen molar-refractivity contribution in [3.05, 3.63) is 41.7 Å². The van der Waals surface area contributed by atoms with Crippen molar-refractivity contribution in [3.8, 4) is 0 Å². The Morgan fingerprint density at radius 2 is 2.22 bits per heavy atom. The van der Waals surface area contributed by atoms with Crippen LogP contribution in [0.4, 0.5) is 5.82 Å². The van der Waals surface area contributed by atoms with E-state index in [1.807, 2.05) is 31.3 Å². The molecule has 3 aromatic rings. The van der Waals surface area contributed by atoms with Crippen molar-refractivity contribution in [1.29, 1.82) is 0 Å². The Morgan fingerprint density at radius 3 is 3.11 bits per heavy atom. The zero-order chi connectivity index (χ0) is 12.4. The third-order valence-electron chi connectivity index (χ3n) is 2.67. The smallest absolute Gasteiger partial charge is 0.200 e. The lowest BCUT2D eigenvalue weighted by Crippen LogP contribution is -2.05. The van der Waals surface area contributed by atoms with Gasteiger partial charge in [0.1, 0.15) is 5.82 Å². The Kier molecular flexibility index (Phi) is 2.56. The van der Waals surface area contributed by atoms with Gasteiger partial charge in [-0.25, -0.2) is 0 Å². The van der Waals surface area contributed by atoms with Crippen LogP contribution in [0.2, 0.25) is 0 Å². The van der Waals surface area contributed by atoms with E-state index in [2.05, 4.69) is 30.9 Å². The molecule has 0 aliphatic heterocycles. The summed E-state index contributed by atoms with van der Waals surface area (Å²) in [6, 6.07) is 5.65. The molecule has 0 fully saturated rings. The average molecular weight is 241 g/mol. The van der Waals surface area contributed by atoms with Crippen LogP contribution >= 0.6 is 0 Å². The highest BCUT2D eigenvalue weighted by molar-refractivity contribution is 5.42. The van der Waals surface area contributed by atoms with E-state index in [4.69, 9.17) is 0 Å². The van der Waals surface area contributed by atoms with Crippen LogP contribution in [-0.4, -0.2) is 30.2 Å². The molecule has 0 aliphatic rings. The number of nitrogens with one attached hydrogen (secondary N) is 1. The number of tetrazole rings is 1. The van der Waals surface area contributed by atoms with Gasteiger partial charge in [-0.1, -0.05) is 0 Å². The van der Waals surface area contributed by atoms with Crippen LogP contribution in [0.1, 0.15) is 11.1 Å². The van der Waals surface area contributed by atoms with Crippen LogP contribution in [0.5, 0.6) is 0 Å². The Balaban J connectivity index is 1.78. The maximum Gasteiger partial charge on any atom is 0.200 e. The van der Waals surface area contributed by atoms with E-state index >= 15 is 0 Å². The minimum absolute atomic E-state index is 0.626. The molecule has 7 nitrogen and oxygen atoms in total. The van der Waals surface area contributed by atoms with Gasteiger partial charge in [0, 0.05) is 18.9 Å². The van der Waals surface area contributed by atoms with Crippen molar-refractivity contribution in [2.45, 2.75) is 13.5 Å². The molecule has 18 heavy (non-hydrogen) atoms.